The number of carbonyl (C=O) groups excluding carboxylic acids is 1. The molecule has 7 nitrogen and oxygen atoms in total. The van der Waals surface area contributed by atoms with Crippen molar-refractivity contribution in [3.63, 3.8) is 0 Å². The lowest BCUT2D eigenvalue weighted by Gasteiger charge is -2.06. The number of pyridine rings is 1. The average Bonchev–Trinajstić information content (AvgIpc) is 3.14. The standard InChI is InChI=1S/C17H11F3N4O3S2/c18-17(19,20)11-4-5-15(21-7-11)28-9-14(25)23-16-22-13(8-29-16)10-2-1-3-12(6-10)24(26)27/h1-8H,9H2,(H,22,23,25). The number of nitro benzene ring substituents is 1. The minimum atomic E-state index is -4.46. The summed E-state index contributed by atoms with van der Waals surface area (Å²) in [6.07, 6.45) is -3.75. The summed E-state index contributed by atoms with van der Waals surface area (Å²) in [5.74, 6) is -0.471. The molecule has 1 amide bonds. The van der Waals surface area contributed by atoms with Crippen LogP contribution in [-0.2, 0) is 11.0 Å². The zero-order valence-electron chi connectivity index (χ0n) is 14.3. The SMILES string of the molecule is O=C(CSc1ccc(C(F)(F)F)cn1)Nc1nc(-c2cccc([N+](=O)[O-])c2)cs1. The molecule has 29 heavy (non-hydrogen) atoms. The van der Waals surface area contributed by atoms with Gasteiger partial charge in [-0.1, -0.05) is 23.9 Å². The number of rotatable bonds is 6. The van der Waals surface area contributed by atoms with Crippen LogP contribution in [0.1, 0.15) is 5.56 Å². The summed E-state index contributed by atoms with van der Waals surface area (Å²) >= 11 is 2.14. The predicted molar refractivity (Wildman–Crippen MR) is 103 cm³/mol. The van der Waals surface area contributed by atoms with Crippen molar-refractivity contribution in [2.24, 2.45) is 0 Å². The molecular weight excluding hydrogens is 429 g/mol. The number of alkyl halides is 3. The molecule has 2 aromatic heterocycles. The van der Waals surface area contributed by atoms with E-state index in [2.05, 4.69) is 15.3 Å². The van der Waals surface area contributed by atoms with Crippen molar-refractivity contribution in [3.05, 3.63) is 63.7 Å². The van der Waals surface area contributed by atoms with Gasteiger partial charge in [-0.2, -0.15) is 13.2 Å². The fourth-order valence-corrected chi connectivity index (χ4v) is 3.55. The fraction of sp³-hybridized carbons (Fsp3) is 0.118. The minimum Gasteiger partial charge on any atom is -0.301 e. The van der Waals surface area contributed by atoms with Crippen LogP contribution in [0.4, 0.5) is 24.0 Å². The van der Waals surface area contributed by atoms with Crippen LogP contribution < -0.4 is 5.32 Å². The van der Waals surface area contributed by atoms with Gasteiger partial charge in [-0.05, 0) is 12.1 Å². The zero-order valence-corrected chi connectivity index (χ0v) is 16.0. The summed E-state index contributed by atoms with van der Waals surface area (Å²) in [7, 11) is 0. The number of non-ortho nitro benzene ring substituents is 1. The van der Waals surface area contributed by atoms with Gasteiger partial charge in [0.15, 0.2) is 5.13 Å². The number of hydrogen-bond donors (Lipinski definition) is 1. The summed E-state index contributed by atoms with van der Waals surface area (Å²) < 4.78 is 37.5. The predicted octanol–water partition coefficient (Wildman–Crippen LogP) is 4.86. The number of thioether (sulfide) groups is 1. The van der Waals surface area contributed by atoms with E-state index in [1.165, 1.54) is 18.2 Å². The Hall–Kier alpha value is -2.99. The molecule has 0 spiro atoms. The molecule has 12 heteroatoms. The summed E-state index contributed by atoms with van der Waals surface area (Å²) in [6, 6.07) is 8.06. The highest BCUT2D eigenvalue weighted by molar-refractivity contribution is 7.99. The van der Waals surface area contributed by atoms with E-state index in [0.29, 0.717) is 22.6 Å². The molecule has 1 aromatic carbocycles. The van der Waals surface area contributed by atoms with Gasteiger partial charge in [-0.25, -0.2) is 9.97 Å². The normalized spacial score (nSPS) is 11.3. The van der Waals surface area contributed by atoms with Crippen molar-refractivity contribution < 1.29 is 22.9 Å². The van der Waals surface area contributed by atoms with E-state index < -0.39 is 22.6 Å². The van der Waals surface area contributed by atoms with E-state index >= 15 is 0 Å². The zero-order chi connectivity index (χ0) is 21.0. The van der Waals surface area contributed by atoms with Crippen molar-refractivity contribution >= 4 is 39.8 Å². The maximum absolute atomic E-state index is 12.5. The summed E-state index contributed by atoms with van der Waals surface area (Å²) in [6.45, 7) is 0. The summed E-state index contributed by atoms with van der Waals surface area (Å²) in [5.41, 5.74) is 0.0922. The highest BCUT2D eigenvalue weighted by Gasteiger charge is 2.30. The number of amides is 1. The molecule has 0 atom stereocenters. The summed E-state index contributed by atoms with van der Waals surface area (Å²) in [5, 5.41) is 15.7. The Morgan fingerprint density at radius 1 is 1.28 bits per heavy atom. The van der Waals surface area contributed by atoms with E-state index in [1.807, 2.05) is 0 Å². The second-order valence-electron chi connectivity index (χ2n) is 5.57. The molecular formula is C17H11F3N4O3S2. The van der Waals surface area contributed by atoms with E-state index in [-0.39, 0.29) is 16.5 Å². The molecule has 0 bridgehead atoms. The van der Waals surface area contributed by atoms with Crippen LogP contribution in [0.3, 0.4) is 0 Å². The highest BCUT2D eigenvalue weighted by atomic mass is 32.2. The Balaban J connectivity index is 1.58. The van der Waals surface area contributed by atoms with Crippen molar-refractivity contribution in [3.8, 4) is 11.3 Å². The Morgan fingerprint density at radius 2 is 2.07 bits per heavy atom. The van der Waals surface area contributed by atoms with Crippen molar-refractivity contribution in [2.75, 3.05) is 11.1 Å². The van der Waals surface area contributed by atoms with Crippen LogP contribution in [0.25, 0.3) is 11.3 Å². The maximum Gasteiger partial charge on any atom is 0.417 e. The Labute approximate surface area is 170 Å². The first-order valence-electron chi connectivity index (χ1n) is 7.88. The van der Waals surface area contributed by atoms with Gasteiger partial charge in [0.25, 0.3) is 5.69 Å². The third-order valence-corrected chi connectivity index (χ3v) is 5.22. The Morgan fingerprint density at radius 3 is 2.72 bits per heavy atom. The number of aromatic nitrogens is 2. The lowest BCUT2D eigenvalue weighted by Crippen LogP contribution is -2.14. The molecule has 1 N–H and O–H groups in total. The molecule has 150 valence electrons. The first kappa shape index (κ1) is 20.7. The highest BCUT2D eigenvalue weighted by Crippen LogP contribution is 2.30. The van der Waals surface area contributed by atoms with E-state index in [0.717, 1.165) is 29.2 Å². The topological polar surface area (TPSA) is 98.0 Å². The van der Waals surface area contributed by atoms with Gasteiger partial charge in [-0.15, -0.1) is 11.3 Å². The molecule has 0 radical (unpaired) electrons. The maximum atomic E-state index is 12.5. The van der Waals surface area contributed by atoms with Gasteiger partial charge < -0.3 is 5.32 Å². The number of nitro groups is 1. The smallest absolute Gasteiger partial charge is 0.301 e. The van der Waals surface area contributed by atoms with Crippen LogP contribution in [0.5, 0.6) is 0 Å². The van der Waals surface area contributed by atoms with Crippen molar-refractivity contribution in [1.29, 1.82) is 0 Å². The quantitative estimate of drug-likeness (QED) is 0.334. The number of thiazole rings is 1. The average molecular weight is 440 g/mol. The minimum absolute atomic E-state index is 0.0654. The molecule has 0 unspecified atom stereocenters. The molecule has 0 saturated carbocycles. The third kappa shape index (κ3) is 5.51. The van der Waals surface area contributed by atoms with E-state index in [1.54, 1.807) is 17.5 Å². The van der Waals surface area contributed by atoms with Gasteiger partial charge in [-0.3, -0.25) is 14.9 Å². The molecule has 0 saturated heterocycles. The van der Waals surface area contributed by atoms with Gasteiger partial charge in [0.05, 0.1) is 27.0 Å². The van der Waals surface area contributed by atoms with Crippen LogP contribution in [0.2, 0.25) is 0 Å². The summed E-state index contributed by atoms with van der Waals surface area (Å²) in [4.78, 5) is 30.3. The second-order valence-corrected chi connectivity index (χ2v) is 7.42. The van der Waals surface area contributed by atoms with Crippen LogP contribution in [-0.4, -0.2) is 26.6 Å². The number of carbonyl (C=O) groups is 1. The first-order valence-corrected chi connectivity index (χ1v) is 9.75. The molecule has 0 aliphatic heterocycles. The van der Waals surface area contributed by atoms with Gasteiger partial charge in [0.2, 0.25) is 5.91 Å². The van der Waals surface area contributed by atoms with Crippen LogP contribution in [0, 0.1) is 10.1 Å². The monoisotopic (exact) mass is 440 g/mol. The Kier molecular flexibility index (Phi) is 6.13. The van der Waals surface area contributed by atoms with Gasteiger partial charge in [0, 0.05) is 29.3 Å². The number of anilines is 1. The molecule has 3 aromatic rings. The Bertz CT molecular complexity index is 1040. The third-order valence-electron chi connectivity index (χ3n) is 3.52. The lowest BCUT2D eigenvalue weighted by atomic mass is 10.1. The van der Waals surface area contributed by atoms with Gasteiger partial charge in [0.1, 0.15) is 0 Å². The van der Waals surface area contributed by atoms with E-state index in [4.69, 9.17) is 0 Å². The number of benzene rings is 1. The van der Waals surface area contributed by atoms with Crippen molar-refractivity contribution in [1.82, 2.24) is 9.97 Å². The molecule has 0 aliphatic carbocycles. The van der Waals surface area contributed by atoms with E-state index in [9.17, 15) is 28.1 Å². The number of hydrogen-bond acceptors (Lipinski definition) is 7. The number of halogens is 3. The van der Waals surface area contributed by atoms with Crippen molar-refractivity contribution in [2.45, 2.75) is 11.2 Å². The molecule has 0 fully saturated rings. The molecule has 0 aliphatic rings. The van der Waals surface area contributed by atoms with Gasteiger partial charge >= 0.3 is 6.18 Å². The lowest BCUT2D eigenvalue weighted by molar-refractivity contribution is -0.384. The molecule has 2 heterocycles. The number of nitrogens with zero attached hydrogens (tertiary/aromatic N) is 3. The van der Waals surface area contributed by atoms with Crippen LogP contribution in [0.15, 0.2) is 53.0 Å². The fourth-order valence-electron chi connectivity index (χ4n) is 2.17. The largest absolute Gasteiger partial charge is 0.417 e. The second kappa shape index (κ2) is 8.57. The number of nitrogens with one attached hydrogen (secondary N) is 1. The molecule has 3 rings (SSSR count). The first-order chi connectivity index (χ1) is 13.7. The van der Waals surface area contributed by atoms with Crippen LogP contribution >= 0.6 is 23.1 Å².